The summed E-state index contributed by atoms with van der Waals surface area (Å²) < 4.78 is 0. The van der Waals surface area contributed by atoms with Gasteiger partial charge in [0.2, 0.25) is 0 Å². The van der Waals surface area contributed by atoms with Gasteiger partial charge in [0.25, 0.3) is 0 Å². The molecule has 0 fully saturated rings. The summed E-state index contributed by atoms with van der Waals surface area (Å²) in [5.74, 6) is 0. The van der Waals surface area contributed by atoms with E-state index in [1.165, 1.54) is 5.57 Å². The molecule has 0 aliphatic carbocycles. The van der Waals surface area contributed by atoms with Crippen LogP contribution in [0.2, 0.25) is 0 Å². The lowest BCUT2D eigenvalue weighted by Gasteiger charge is -2.24. The van der Waals surface area contributed by atoms with E-state index >= 15 is 0 Å². The van der Waals surface area contributed by atoms with Gasteiger partial charge in [-0.3, -0.25) is 4.90 Å². The molecule has 0 aromatic rings. The first-order valence-electron chi connectivity index (χ1n) is 4.45. The maximum Gasteiger partial charge on any atom is 0.106 e. The highest BCUT2D eigenvalue weighted by Crippen LogP contribution is 2.07. The van der Waals surface area contributed by atoms with E-state index in [4.69, 9.17) is 0 Å². The smallest absolute Gasteiger partial charge is 0.106 e. The largest absolute Gasteiger partial charge is 0.399 e. The van der Waals surface area contributed by atoms with Gasteiger partial charge < -0.3 is 4.84 Å². The zero-order valence-corrected chi connectivity index (χ0v) is 8.07. The molecule has 3 nitrogen and oxygen atoms in total. The minimum atomic E-state index is 0.943. The van der Waals surface area contributed by atoms with Crippen molar-refractivity contribution in [2.45, 2.75) is 6.42 Å². The summed E-state index contributed by atoms with van der Waals surface area (Å²) in [6, 6.07) is 0. The first kappa shape index (κ1) is 9.99. The third kappa shape index (κ3) is 3.42. The Kier molecular flexibility index (Phi) is 4.26. The Morgan fingerprint density at radius 1 is 1.77 bits per heavy atom. The van der Waals surface area contributed by atoms with Gasteiger partial charge in [0, 0.05) is 19.6 Å². The minimum absolute atomic E-state index is 0.943. The van der Waals surface area contributed by atoms with Crippen molar-refractivity contribution in [1.82, 2.24) is 4.90 Å². The van der Waals surface area contributed by atoms with Crippen molar-refractivity contribution in [1.29, 1.82) is 0 Å². The molecule has 1 aliphatic heterocycles. The number of oxime groups is 1. The molecular weight excluding hydrogens is 164 g/mol. The molecule has 0 amide bonds. The average molecular weight is 180 g/mol. The van der Waals surface area contributed by atoms with E-state index in [1.807, 2.05) is 6.08 Å². The molecule has 0 unspecified atom stereocenters. The standard InChI is InChI=1S/C10H16N2O/c1-3-6-12-7-4-5-10(9-12)8-11-13-2/h3,5,8H,1,4,6-7,9H2,2H3/b11-8+. The van der Waals surface area contributed by atoms with Crippen LogP contribution >= 0.6 is 0 Å². The predicted octanol–water partition coefficient (Wildman–Crippen LogP) is 1.44. The van der Waals surface area contributed by atoms with Gasteiger partial charge in [-0.25, -0.2) is 0 Å². The van der Waals surface area contributed by atoms with E-state index in [-0.39, 0.29) is 0 Å². The van der Waals surface area contributed by atoms with Gasteiger partial charge in [-0.1, -0.05) is 17.3 Å². The molecule has 0 N–H and O–H groups in total. The van der Waals surface area contributed by atoms with Gasteiger partial charge in [-0.05, 0) is 12.0 Å². The van der Waals surface area contributed by atoms with Gasteiger partial charge in [-0.2, -0.15) is 0 Å². The van der Waals surface area contributed by atoms with Crippen LogP contribution in [-0.2, 0) is 4.84 Å². The molecule has 0 aromatic carbocycles. The summed E-state index contributed by atoms with van der Waals surface area (Å²) in [5.41, 5.74) is 1.22. The molecule has 0 saturated carbocycles. The highest BCUT2D eigenvalue weighted by atomic mass is 16.6. The van der Waals surface area contributed by atoms with Crippen molar-refractivity contribution in [2.75, 3.05) is 26.7 Å². The molecule has 0 bridgehead atoms. The third-order valence-corrected chi connectivity index (χ3v) is 1.97. The van der Waals surface area contributed by atoms with Crippen LogP contribution in [-0.4, -0.2) is 37.9 Å². The first-order valence-corrected chi connectivity index (χ1v) is 4.45. The maximum atomic E-state index is 4.63. The van der Waals surface area contributed by atoms with E-state index in [2.05, 4.69) is 27.5 Å². The van der Waals surface area contributed by atoms with Crippen LogP contribution < -0.4 is 0 Å². The fraction of sp³-hybridized carbons (Fsp3) is 0.500. The van der Waals surface area contributed by atoms with Crippen molar-refractivity contribution in [2.24, 2.45) is 5.16 Å². The molecule has 0 spiro atoms. The Morgan fingerprint density at radius 3 is 3.31 bits per heavy atom. The second-order valence-corrected chi connectivity index (χ2v) is 3.01. The lowest BCUT2D eigenvalue weighted by atomic mass is 10.1. The van der Waals surface area contributed by atoms with Crippen LogP contribution in [0.5, 0.6) is 0 Å². The van der Waals surface area contributed by atoms with E-state index < -0.39 is 0 Å². The summed E-state index contributed by atoms with van der Waals surface area (Å²) in [5, 5.41) is 3.74. The highest BCUT2D eigenvalue weighted by molar-refractivity contribution is 5.78. The molecule has 0 radical (unpaired) electrons. The second kappa shape index (κ2) is 5.54. The number of hydrogen-bond acceptors (Lipinski definition) is 3. The number of nitrogens with zero attached hydrogens (tertiary/aromatic N) is 2. The molecule has 1 rings (SSSR count). The molecule has 1 aliphatic rings. The molecule has 0 aromatic heterocycles. The fourth-order valence-corrected chi connectivity index (χ4v) is 1.39. The van der Waals surface area contributed by atoms with Crippen LogP contribution in [0.3, 0.4) is 0 Å². The quantitative estimate of drug-likeness (QED) is 0.371. The third-order valence-electron chi connectivity index (χ3n) is 1.97. The van der Waals surface area contributed by atoms with Crippen molar-refractivity contribution >= 4 is 6.21 Å². The summed E-state index contributed by atoms with van der Waals surface area (Å²) in [4.78, 5) is 6.95. The molecule has 13 heavy (non-hydrogen) atoms. The summed E-state index contributed by atoms with van der Waals surface area (Å²) >= 11 is 0. The summed E-state index contributed by atoms with van der Waals surface area (Å²) in [7, 11) is 1.56. The Hall–Kier alpha value is -1.09. The van der Waals surface area contributed by atoms with Gasteiger partial charge in [0.1, 0.15) is 7.11 Å². The topological polar surface area (TPSA) is 24.8 Å². The van der Waals surface area contributed by atoms with Crippen LogP contribution in [0, 0.1) is 0 Å². The van der Waals surface area contributed by atoms with Crippen molar-refractivity contribution in [3.63, 3.8) is 0 Å². The summed E-state index contributed by atoms with van der Waals surface area (Å²) in [6.45, 7) is 6.72. The van der Waals surface area contributed by atoms with E-state index in [9.17, 15) is 0 Å². The lowest BCUT2D eigenvalue weighted by molar-refractivity contribution is 0.215. The van der Waals surface area contributed by atoms with Gasteiger partial charge >= 0.3 is 0 Å². The Morgan fingerprint density at radius 2 is 2.62 bits per heavy atom. The van der Waals surface area contributed by atoms with Crippen LogP contribution in [0.4, 0.5) is 0 Å². The zero-order chi connectivity index (χ0) is 9.52. The molecule has 72 valence electrons. The van der Waals surface area contributed by atoms with Crippen LogP contribution in [0.15, 0.2) is 29.5 Å². The average Bonchev–Trinajstić information content (AvgIpc) is 2.16. The van der Waals surface area contributed by atoms with Gasteiger partial charge in [0.15, 0.2) is 0 Å². The van der Waals surface area contributed by atoms with Gasteiger partial charge in [-0.15, -0.1) is 6.58 Å². The van der Waals surface area contributed by atoms with E-state index in [1.54, 1.807) is 13.3 Å². The molecule has 3 heteroatoms. The van der Waals surface area contributed by atoms with E-state index in [0.29, 0.717) is 0 Å². The number of rotatable bonds is 4. The first-order chi connectivity index (χ1) is 6.36. The van der Waals surface area contributed by atoms with Crippen molar-refractivity contribution in [3.05, 3.63) is 24.3 Å². The molecule has 0 saturated heterocycles. The molecule has 1 heterocycles. The SMILES string of the molecule is C=CCN1CCC=C(/C=N/OC)C1. The second-order valence-electron chi connectivity index (χ2n) is 3.01. The minimum Gasteiger partial charge on any atom is -0.399 e. The number of hydrogen-bond donors (Lipinski definition) is 0. The molecular formula is C10H16N2O. The van der Waals surface area contributed by atoms with E-state index in [0.717, 1.165) is 26.1 Å². The Labute approximate surface area is 79.4 Å². The van der Waals surface area contributed by atoms with Gasteiger partial charge in [0.05, 0.1) is 6.21 Å². The zero-order valence-electron chi connectivity index (χ0n) is 8.07. The Bertz CT molecular complexity index is 221. The Balaban J connectivity index is 2.43. The van der Waals surface area contributed by atoms with Crippen molar-refractivity contribution in [3.8, 4) is 0 Å². The molecule has 0 atom stereocenters. The van der Waals surface area contributed by atoms with Crippen molar-refractivity contribution < 1.29 is 4.84 Å². The maximum absolute atomic E-state index is 4.63. The van der Waals surface area contributed by atoms with Crippen LogP contribution in [0.25, 0.3) is 0 Å². The summed E-state index contributed by atoms with van der Waals surface area (Å²) in [6.07, 6.45) is 6.98. The fourth-order valence-electron chi connectivity index (χ4n) is 1.39. The van der Waals surface area contributed by atoms with Crippen LogP contribution in [0.1, 0.15) is 6.42 Å². The lowest BCUT2D eigenvalue weighted by Crippen LogP contribution is -2.30. The predicted molar refractivity (Wildman–Crippen MR) is 54.8 cm³/mol. The highest BCUT2D eigenvalue weighted by Gasteiger charge is 2.09. The normalized spacial score (nSPS) is 18.7. The monoisotopic (exact) mass is 180 g/mol.